The predicted molar refractivity (Wildman–Crippen MR) is 59.4 cm³/mol. The highest BCUT2D eigenvalue weighted by molar-refractivity contribution is 8.00. The van der Waals surface area contributed by atoms with E-state index in [0.29, 0.717) is 6.07 Å². The molecule has 3 nitrogen and oxygen atoms in total. The fraction of sp³-hybridized carbons (Fsp3) is 0.273. The number of esters is 1. The molecule has 1 aromatic rings. The maximum absolute atomic E-state index is 12.8. The van der Waals surface area contributed by atoms with E-state index in [0.717, 1.165) is 13.2 Å². The van der Waals surface area contributed by atoms with Crippen molar-refractivity contribution in [1.29, 1.82) is 5.26 Å². The van der Waals surface area contributed by atoms with Crippen molar-refractivity contribution in [3.8, 4) is 6.07 Å². The third-order valence-electron chi connectivity index (χ3n) is 2.10. The lowest BCUT2D eigenvalue weighted by Gasteiger charge is -2.14. The largest absolute Gasteiger partial charge is 0.465 e. The van der Waals surface area contributed by atoms with Crippen molar-refractivity contribution in [3.63, 3.8) is 0 Å². The van der Waals surface area contributed by atoms with Crippen LogP contribution in [0.3, 0.4) is 0 Å². The normalized spacial score (nSPS) is 11.3. The number of nitriles is 1. The number of hydrogen-bond acceptors (Lipinski definition) is 4. The number of nitrogens with zero attached hydrogens (tertiary/aromatic N) is 1. The van der Waals surface area contributed by atoms with Crippen LogP contribution in [0, 0.1) is 11.3 Å². The summed E-state index contributed by atoms with van der Waals surface area (Å²) in [5.41, 5.74) is -6.97. The lowest BCUT2D eigenvalue weighted by molar-refractivity contribution is -0.0329. The Morgan fingerprint density at radius 2 is 2.00 bits per heavy atom. The summed E-state index contributed by atoms with van der Waals surface area (Å²) in [4.78, 5) is 10.4. The number of hydrogen-bond donors (Lipinski definition) is 0. The summed E-state index contributed by atoms with van der Waals surface area (Å²) < 4.78 is 67.1. The van der Waals surface area contributed by atoms with Gasteiger partial charge in [-0.25, -0.2) is 13.6 Å². The van der Waals surface area contributed by atoms with Crippen LogP contribution in [-0.2, 0) is 4.74 Å². The number of rotatable bonds is 3. The second kappa shape index (κ2) is 6.09. The molecule has 0 amide bonds. The maximum atomic E-state index is 12.8. The van der Waals surface area contributed by atoms with Gasteiger partial charge < -0.3 is 4.74 Å². The molecule has 0 aliphatic rings. The zero-order valence-electron chi connectivity index (χ0n) is 9.79. The SMILES string of the molecule is COC(=O)c1cc(C#N)cc(C(F)F)c1SC(F)(F)F. The molecule has 1 rings (SSSR count). The number of benzene rings is 1. The van der Waals surface area contributed by atoms with Gasteiger partial charge >= 0.3 is 11.5 Å². The first kappa shape index (κ1) is 16.2. The number of halogens is 5. The number of carbonyl (C=O) groups is 1. The van der Waals surface area contributed by atoms with Crippen LogP contribution in [0.25, 0.3) is 0 Å². The quantitative estimate of drug-likeness (QED) is 0.483. The number of thioether (sulfide) groups is 1. The Labute approximate surface area is 114 Å². The van der Waals surface area contributed by atoms with Crippen LogP contribution in [0.15, 0.2) is 17.0 Å². The van der Waals surface area contributed by atoms with Gasteiger partial charge in [-0.05, 0) is 23.9 Å². The lowest BCUT2D eigenvalue weighted by atomic mass is 10.1. The number of methoxy groups -OCH3 is 1. The van der Waals surface area contributed by atoms with Crippen LogP contribution in [-0.4, -0.2) is 18.6 Å². The molecule has 0 spiro atoms. The highest BCUT2D eigenvalue weighted by Gasteiger charge is 2.35. The first-order valence-electron chi connectivity index (χ1n) is 4.90. The number of alkyl halides is 5. The summed E-state index contributed by atoms with van der Waals surface area (Å²) in [6.45, 7) is 0. The maximum Gasteiger partial charge on any atom is 0.446 e. The average Bonchev–Trinajstić information content (AvgIpc) is 2.35. The van der Waals surface area contributed by atoms with Gasteiger partial charge in [-0.2, -0.15) is 18.4 Å². The van der Waals surface area contributed by atoms with Crippen molar-refractivity contribution in [2.75, 3.05) is 7.11 Å². The predicted octanol–water partition coefficient (Wildman–Crippen LogP) is 3.89. The fourth-order valence-corrected chi connectivity index (χ4v) is 2.12. The van der Waals surface area contributed by atoms with E-state index >= 15 is 0 Å². The molecule has 0 radical (unpaired) electrons. The van der Waals surface area contributed by atoms with Gasteiger partial charge in [0.1, 0.15) is 0 Å². The van der Waals surface area contributed by atoms with Crippen LogP contribution in [0.5, 0.6) is 0 Å². The van der Waals surface area contributed by atoms with Crippen molar-refractivity contribution >= 4 is 17.7 Å². The standard InChI is InChI=1S/C11H6F5NO2S/c1-19-10(18)7-3-5(4-17)2-6(9(12)13)8(7)20-11(14,15)16/h2-3,9H,1H3. The fourth-order valence-electron chi connectivity index (χ4n) is 1.37. The molecule has 0 saturated carbocycles. The minimum atomic E-state index is -4.86. The molecule has 0 unspecified atom stereocenters. The molecule has 20 heavy (non-hydrogen) atoms. The Morgan fingerprint density at radius 1 is 1.40 bits per heavy atom. The minimum Gasteiger partial charge on any atom is -0.465 e. The van der Waals surface area contributed by atoms with Gasteiger partial charge in [0.15, 0.2) is 0 Å². The lowest BCUT2D eigenvalue weighted by Crippen LogP contribution is -2.10. The Hall–Kier alpha value is -1.82. The Morgan fingerprint density at radius 3 is 2.40 bits per heavy atom. The number of ether oxygens (including phenoxy) is 1. The second-order valence-corrected chi connectivity index (χ2v) is 4.47. The van der Waals surface area contributed by atoms with Crippen LogP contribution in [0.4, 0.5) is 22.0 Å². The zero-order chi connectivity index (χ0) is 15.5. The molecule has 0 heterocycles. The minimum absolute atomic E-state index is 0.354. The molecule has 0 aromatic heterocycles. The van der Waals surface area contributed by atoms with Crippen molar-refractivity contribution in [2.45, 2.75) is 16.8 Å². The summed E-state index contributed by atoms with van der Waals surface area (Å²) in [5.74, 6) is -1.23. The second-order valence-electron chi connectivity index (χ2n) is 3.39. The molecule has 0 aliphatic carbocycles. The zero-order valence-corrected chi connectivity index (χ0v) is 10.6. The first-order chi connectivity index (χ1) is 9.19. The molecule has 9 heteroatoms. The molecule has 1 aromatic carbocycles. The van der Waals surface area contributed by atoms with Gasteiger partial charge in [-0.1, -0.05) is 0 Å². The van der Waals surface area contributed by atoms with E-state index < -0.39 is 45.7 Å². The van der Waals surface area contributed by atoms with E-state index in [1.54, 1.807) is 0 Å². The Bertz CT molecular complexity index is 565. The van der Waals surface area contributed by atoms with Gasteiger partial charge in [-0.3, -0.25) is 0 Å². The molecule has 0 N–H and O–H groups in total. The van der Waals surface area contributed by atoms with Crippen LogP contribution in [0.1, 0.15) is 27.9 Å². The molecule has 0 fully saturated rings. The van der Waals surface area contributed by atoms with Crippen LogP contribution in [0.2, 0.25) is 0 Å². The van der Waals surface area contributed by atoms with E-state index in [2.05, 4.69) is 4.74 Å². The van der Waals surface area contributed by atoms with Gasteiger partial charge in [0.2, 0.25) is 0 Å². The van der Waals surface area contributed by atoms with Crippen molar-refractivity contribution in [1.82, 2.24) is 0 Å². The molecule has 0 saturated heterocycles. The smallest absolute Gasteiger partial charge is 0.446 e. The monoisotopic (exact) mass is 311 g/mol. The van der Waals surface area contributed by atoms with E-state index in [-0.39, 0.29) is 5.56 Å². The van der Waals surface area contributed by atoms with Crippen molar-refractivity contribution in [3.05, 3.63) is 28.8 Å². The summed E-state index contributed by atoms with van der Waals surface area (Å²) in [7, 11) is 0.894. The van der Waals surface area contributed by atoms with E-state index in [1.165, 1.54) is 6.07 Å². The topological polar surface area (TPSA) is 50.1 Å². The van der Waals surface area contributed by atoms with E-state index in [4.69, 9.17) is 5.26 Å². The average molecular weight is 311 g/mol. The summed E-state index contributed by atoms with van der Waals surface area (Å²) in [6.07, 6.45) is -3.27. The summed E-state index contributed by atoms with van der Waals surface area (Å²) >= 11 is -0.845. The Kier molecular flexibility index (Phi) is 4.94. The van der Waals surface area contributed by atoms with Crippen molar-refractivity contribution < 1.29 is 31.5 Å². The molecule has 108 valence electrons. The third kappa shape index (κ3) is 3.84. The highest BCUT2D eigenvalue weighted by atomic mass is 32.2. The van der Waals surface area contributed by atoms with Gasteiger partial charge in [-0.15, -0.1) is 0 Å². The molecule has 0 atom stereocenters. The summed E-state index contributed by atoms with van der Waals surface area (Å²) in [5, 5.41) is 8.67. The van der Waals surface area contributed by atoms with Crippen LogP contribution < -0.4 is 0 Å². The molecule has 0 aliphatic heterocycles. The van der Waals surface area contributed by atoms with Gasteiger partial charge in [0.05, 0.1) is 24.3 Å². The third-order valence-corrected chi connectivity index (χ3v) is 3.00. The molecular formula is C11H6F5NO2S. The van der Waals surface area contributed by atoms with E-state index in [9.17, 15) is 26.7 Å². The molecular weight excluding hydrogens is 305 g/mol. The van der Waals surface area contributed by atoms with Crippen LogP contribution >= 0.6 is 11.8 Å². The van der Waals surface area contributed by atoms with E-state index in [1.807, 2.05) is 0 Å². The highest BCUT2D eigenvalue weighted by Crippen LogP contribution is 2.43. The number of carbonyl (C=O) groups excluding carboxylic acids is 1. The summed E-state index contributed by atoms with van der Waals surface area (Å²) in [6, 6.07) is 2.90. The Balaban J connectivity index is 3.57. The van der Waals surface area contributed by atoms with Gasteiger partial charge in [0.25, 0.3) is 6.43 Å². The first-order valence-corrected chi connectivity index (χ1v) is 5.71. The van der Waals surface area contributed by atoms with Crippen molar-refractivity contribution in [2.24, 2.45) is 0 Å². The molecule has 0 bridgehead atoms. The van der Waals surface area contributed by atoms with Gasteiger partial charge in [0, 0.05) is 10.5 Å².